The van der Waals surface area contributed by atoms with Gasteiger partial charge in [0.25, 0.3) is 5.91 Å². The molecule has 2 saturated heterocycles. The number of carbonyl (C=O) groups is 1. The summed E-state index contributed by atoms with van der Waals surface area (Å²) in [5.74, 6) is -0.327. The molecule has 3 aromatic carbocycles. The Morgan fingerprint density at radius 2 is 1.78 bits per heavy atom. The van der Waals surface area contributed by atoms with Gasteiger partial charge in [-0.05, 0) is 65.5 Å². The summed E-state index contributed by atoms with van der Waals surface area (Å²) in [5, 5.41) is 12.6. The van der Waals surface area contributed by atoms with Crippen LogP contribution in [0.15, 0.2) is 79.0 Å². The van der Waals surface area contributed by atoms with Crippen molar-refractivity contribution in [3.8, 4) is 0 Å². The number of likely N-dealkylation sites (tertiary alicyclic amines) is 1. The van der Waals surface area contributed by atoms with E-state index in [4.69, 9.17) is 9.47 Å². The van der Waals surface area contributed by atoms with Crippen LogP contribution in [0.25, 0.3) is 11.0 Å². The first-order chi connectivity index (χ1) is 21.6. The van der Waals surface area contributed by atoms with E-state index in [2.05, 4.69) is 41.0 Å². The van der Waals surface area contributed by atoms with Gasteiger partial charge in [-0.25, -0.2) is 4.98 Å². The minimum Gasteiger partial charge on any atom is -0.392 e. The quantitative estimate of drug-likeness (QED) is 0.238. The zero-order valence-electron chi connectivity index (χ0n) is 26.3. The van der Waals surface area contributed by atoms with Crippen LogP contribution in [0.4, 0.5) is 5.69 Å². The molecule has 0 radical (unpaired) electrons. The van der Waals surface area contributed by atoms with Crippen molar-refractivity contribution in [2.75, 3.05) is 18.4 Å². The molecule has 3 heterocycles. The third kappa shape index (κ3) is 6.51. The SMILES string of the molecule is CC1(C)CC2CC(C)(CN2CC2CC(c3ccc(CO)cc3)OC(c3cccc(NC(=O)c4cnc5ccccc5n4)c3)O2)C1. The minimum absolute atomic E-state index is 0.00886. The lowest BCUT2D eigenvalue weighted by Crippen LogP contribution is -2.42. The molecule has 8 heteroatoms. The average Bonchev–Trinajstić information content (AvgIpc) is 3.27. The predicted molar refractivity (Wildman–Crippen MR) is 173 cm³/mol. The van der Waals surface area contributed by atoms with Crippen LogP contribution >= 0.6 is 0 Å². The van der Waals surface area contributed by atoms with E-state index in [0.717, 1.165) is 41.7 Å². The van der Waals surface area contributed by atoms with Gasteiger partial charge < -0.3 is 19.9 Å². The first-order valence-electron chi connectivity index (χ1n) is 16.0. The molecule has 1 aliphatic carbocycles. The summed E-state index contributed by atoms with van der Waals surface area (Å²) in [6, 6.07) is 23.7. The van der Waals surface area contributed by atoms with E-state index >= 15 is 0 Å². The molecular weight excluding hydrogens is 564 g/mol. The van der Waals surface area contributed by atoms with Crippen molar-refractivity contribution >= 4 is 22.6 Å². The number of para-hydroxylation sites is 2. The Bertz CT molecular complexity index is 1690. The van der Waals surface area contributed by atoms with Crippen molar-refractivity contribution in [2.45, 2.75) is 77.6 Å². The number of carbonyl (C=O) groups excluding carboxylic acids is 1. The first kappa shape index (κ1) is 30.0. The molecule has 4 aromatic rings. The number of anilines is 1. The van der Waals surface area contributed by atoms with E-state index < -0.39 is 6.29 Å². The normalized spacial score (nSPS) is 27.8. The van der Waals surface area contributed by atoms with E-state index in [1.165, 1.54) is 25.5 Å². The van der Waals surface area contributed by atoms with Gasteiger partial charge in [0.05, 0.1) is 36.0 Å². The number of rotatable bonds is 7. The number of aliphatic hydroxyl groups excluding tert-OH is 1. The highest BCUT2D eigenvalue weighted by atomic mass is 16.7. The van der Waals surface area contributed by atoms with Crippen LogP contribution in [0, 0.1) is 10.8 Å². The summed E-state index contributed by atoms with van der Waals surface area (Å²) in [4.78, 5) is 24.7. The number of nitrogens with one attached hydrogen (secondary N) is 1. The Hall–Kier alpha value is -3.69. The lowest BCUT2D eigenvalue weighted by Gasteiger charge is -2.41. The highest BCUT2D eigenvalue weighted by Crippen LogP contribution is 2.53. The highest BCUT2D eigenvalue weighted by molar-refractivity contribution is 6.03. The Balaban J connectivity index is 1.11. The van der Waals surface area contributed by atoms with Gasteiger partial charge in [0, 0.05) is 36.8 Å². The molecule has 0 spiro atoms. The second kappa shape index (κ2) is 11.9. The zero-order chi connectivity index (χ0) is 31.2. The number of aromatic nitrogens is 2. The summed E-state index contributed by atoms with van der Waals surface area (Å²) in [5.41, 5.74) is 5.78. The molecule has 2 bridgehead atoms. The first-order valence-corrected chi connectivity index (χ1v) is 16.0. The average molecular weight is 607 g/mol. The Kier molecular flexibility index (Phi) is 7.94. The molecule has 2 N–H and O–H groups in total. The molecule has 2 aliphatic heterocycles. The standard InChI is InChI=1S/C37H42N4O4/c1-36(2)17-28-18-37(3,22-36)23-41(28)20-29-16-33(25-13-11-24(21-42)12-14-25)45-35(44-29)26-7-6-8-27(15-26)39-34(43)32-19-38-30-9-4-5-10-31(30)40-32/h4-15,19,28-29,33,35,42H,16-18,20-23H2,1-3H3,(H,39,43). The molecule has 3 aliphatic rings. The van der Waals surface area contributed by atoms with Crippen LogP contribution in [-0.2, 0) is 16.1 Å². The van der Waals surface area contributed by atoms with Crippen LogP contribution in [0.2, 0.25) is 0 Å². The third-order valence-electron chi connectivity index (χ3n) is 9.67. The fourth-order valence-electron chi connectivity index (χ4n) is 8.11. The van der Waals surface area contributed by atoms with E-state index in [9.17, 15) is 9.90 Å². The fraction of sp³-hybridized carbons (Fsp3) is 0.432. The molecule has 8 nitrogen and oxygen atoms in total. The number of fused-ring (bicyclic) bond motifs is 3. The van der Waals surface area contributed by atoms with Crippen LogP contribution < -0.4 is 5.32 Å². The summed E-state index contributed by atoms with van der Waals surface area (Å²) in [6.07, 6.45) is 5.18. The third-order valence-corrected chi connectivity index (χ3v) is 9.67. The smallest absolute Gasteiger partial charge is 0.275 e. The molecular formula is C37H42N4O4. The topological polar surface area (TPSA) is 96.8 Å². The van der Waals surface area contributed by atoms with Crippen molar-refractivity contribution in [3.63, 3.8) is 0 Å². The van der Waals surface area contributed by atoms with Crippen LogP contribution in [0.5, 0.6) is 0 Å². The fourth-order valence-corrected chi connectivity index (χ4v) is 8.11. The number of amides is 1. The van der Waals surface area contributed by atoms with Crippen molar-refractivity contribution in [1.82, 2.24) is 14.9 Å². The molecule has 234 valence electrons. The van der Waals surface area contributed by atoms with E-state index in [-0.39, 0.29) is 30.4 Å². The van der Waals surface area contributed by atoms with Crippen molar-refractivity contribution in [1.29, 1.82) is 0 Å². The molecule has 7 rings (SSSR count). The number of nitrogens with zero attached hydrogens (tertiary/aromatic N) is 3. The van der Waals surface area contributed by atoms with Crippen molar-refractivity contribution in [2.24, 2.45) is 10.8 Å². The van der Waals surface area contributed by atoms with E-state index in [1.807, 2.05) is 72.8 Å². The van der Waals surface area contributed by atoms with Crippen molar-refractivity contribution < 1.29 is 19.4 Å². The van der Waals surface area contributed by atoms with Gasteiger partial charge in [-0.15, -0.1) is 0 Å². The number of aliphatic hydroxyl groups is 1. The van der Waals surface area contributed by atoms with Gasteiger partial charge >= 0.3 is 0 Å². The Morgan fingerprint density at radius 1 is 0.978 bits per heavy atom. The monoisotopic (exact) mass is 606 g/mol. The van der Waals surface area contributed by atoms with E-state index in [0.29, 0.717) is 28.1 Å². The number of benzene rings is 3. The lowest BCUT2D eigenvalue weighted by atomic mass is 9.65. The van der Waals surface area contributed by atoms with Gasteiger partial charge in [0.2, 0.25) is 0 Å². The maximum absolute atomic E-state index is 13.1. The minimum atomic E-state index is -0.599. The summed E-state index contributed by atoms with van der Waals surface area (Å²) >= 11 is 0. The van der Waals surface area contributed by atoms with Gasteiger partial charge in [0.15, 0.2) is 6.29 Å². The van der Waals surface area contributed by atoms with E-state index in [1.54, 1.807) is 0 Å². The number of hydrogen-bond acceptors (Lipinski definition) is 7. The van der Waals surface area contributed by atoms with Crippen LogP contribution in [0.3, 0.4) is 0 Å². The van der Waals surface area contributed by atoms with Gasteiger partial charge in [0.1, 0.15) is 5.69 Å². The van der Waals surface area contributed by atoms with Gasteiger partial charge in [-0.1, -0.05) is 69.3 Å². The maximum atomic E-state index is 13.1. The molecule has 5 unspecified atom stereocenters. The molecule has 5 atom stereocenters. The molecule has 1 aromatic heterocycles. The molecule has 3 fully saturated rings. The summed E-state index contributed by atoms with van der Waals surface area (Å²) in [6.45, 7) is 9.23. The zero-order valence-corrected chi connectivity index (χ0v) is 26.3. The lowest BCUT2D eigenvalue weighted by molar-refractivity contribution is -0.253. The largest absolute Gasteiger partial charge is 0.392 e. The van der Waals surface area contributed by atoms with Crippen LogP contribution in [-0.4, -0.2) is 51.1 Å². The molecule has 1 saturated carbocycles. The molecule has 1 amide bonds. The predicted octanol–water partition coefficient (Wildman–Crippen LogP) is 6.82. The maximum Gasteiger partial charge on any atom is 0.275 e. The van der Waals surface area contributed by atoms with Gasteiger partial charge in [-0.2, -0.15) is 0 Å². The van der Waals surface area contributed by atoms with Crippen molar-refractivity contribution in [3.05, 3.63) is 101 Å². The Labute approximate surface area is 264 Å². The second-order valence-electron chi connectivity index (χ2n) is 14.3. The molecule has 45 heavy (non-hydrogen) atoms. The Morgan fingerprint density at radius 3 is 2.58 bits per heavy atom. The summed E-state index contributed by atoms with van der Waals surface area (Å²) < 4.78 is 13.3. The number of hydrogen-bond donors (Lipinski definition) is 2. The van der Waals surface area contributed by atoms with Crippen LogP contribution in [0.1, 0.15) is 86.0 Å². The van der Waals surface area contributed by atoms with Gasteiger partial charge in [-0.3, -0.25) is 14.7 Å². The summed E-state index contributed by atoms with van der Waals surface area (Å²) in [7, 11) is 0. The highest BCUT2D eigenvalue weighted by Gasteiger charge is 2.50. The number of ether oxygens (including phenoxy) is 2. The second-order valence-corrected chi connectivity index (χ2v) is 14.3.